The van der Waals surface area contributed by atoms with Crippen molar-refractivity contribution in [3.63, 3.8) is 0 Å². The first-order valence-corrected chi connectivity index (χ1v) is 16.3. The number of barbiturate groups is 1. The highest BCUT2D eigenvalue weighted by Crippen LogP contribution is 2.34. The van der Waals surface area contributed by atoms with Gasteiger partial charge in [-0.25, -0.2) is 9.69 Å². The van der Waals surface area contributed by atoms with Crippen molar-refractivity contribution in [3.05, 3.63) is 135 Å². The minimum atomic E-state index is -4.29. The molecule has 12 heteroatoms. The molecular weight excluding hydrogens is 663 g/mol. The molecule has 0 unspecified atom stereocenters. The maximum Gasteiger partial charge on any atom is 0.339 e. The van der Waals surface area contributed by atoms with E-state index in [2.05, 4.69) is 5.32 Å². The van der Waals surface area contributed by atoms with Gasteiger partial charge in [0.05, 0.1) is 5.69 Å². The van der Waals surface area contributed by atoms with Crippen LogP contribution in [0.15, 0.2) is 114 Å². The Bertz CT molecular complexity index is 2200. The van der Waals surface area contributed by atoms with Gasteiger partial charge in [-0.1, -0.05) is 77.3 Å². The van der Waals surface area contributed by atoms with Gasteiger partial charge in [-0.05, 0) is 78.4 Å². The van der Waals surface area contributed by atoms with Crippen LogP contribution in [0.25, 0.3) is 16.8 Å². The number of rotatable bonds is 8. The van der Waals surface area contributed by atoms with E-state index in [1.807, 2.05) is 6.92 Å². The lowest BCUT2D eigenvalue weighted by atomic mass is 10.00. The number of carbonyl (C=O) groups excluding carboxylic acids is 3. The van der Waals surface area contributed by atoms with Gasteiger partial charge in [0.2, 0.25) is 0 Å². The van der Waals surface area contributed by atoms with Crippen LogP contribution in [-0.4, -0.2) is 26.3 Å². The molecule has 5 aromatic carbocycles. The minimum absolute atomic E-state index is 0.0678. The van der Waals surface area contributed by atoms with Gasteiger partial charge in [0.25, 0.3) is 11.8 Å². The molecule has 0 radical (unpaired) electrons. The molecule has 9 nitrogen and oxygen atoms in total. The van der Waals surface area contributed by atoms with E-state index in [0.29, 0.717) is 32.1 Å². The molecule has 1 aliphatic heterocycles. The van der Waals surface area contributed by atoms with Crippen LogP contribution >= 0.6 is 23.2 Å². The van der Waals surface area contributed by atoms with E-state index >= 15 is 0 Å². The van der Waals surface area contributed by atoms with Crippen LogP contribution < -0.4 is 19.1 Å². The Kier molecular flexibility index (Phi) is 8.74. The van der Waals surface area contributed by atoms with Crippen LogP contribution in [0.5, 0.6) is 11.5 Å². The molecule has 1 N–H and O–H groups in total. The number of nitrogens with one attached hydrogen (secondary N) is 1. The zero-order valence-corrected chi connectivity index (χ0v) is 26.9. The number of amides is 4. The number of benzene rings is 5. The fourth-order valence-corrected chi connectivity index (χ4v) is 6.31. The third-order valence-electron chi connectivity index (χ3n) is 7.33. The highest BCUT2D eigenvalue weighted by Gasteiger charge is 2.37. The van der Waals surface area contributed by atoms with Crippen molar-refractivity contribution in [2.45, 2.75) is 18.4 Å². The van der Waals surface area contributed by atoms with E-state index in [1.165, 1.54) is 36.4 Å². The molecule has 1 saturated heterocycles. The SMILES string of the molecule is Cc1ccc(S(=O)(=O)Oc2ccc3ccccc3c2/C=C2\C(=O)NC(=O)N(c3ccc(OCc4ccc(Cl)cc4Cl)cc3)C2=O)cc1. The summed E-state index contributed by atoms with van der Waals surface area (Å²) in [6.07, 6.45) is 1.23. The highest BCUT2D eigenvalue weighted by atomic mass is 35.5. The van der Waals surface area contributed by atoms with E-state index in [4.69, 9.17) is 32.1 Å². The first-order valence-electron chi connectivity index (χ1n) is 14.1. The second kappa shape index (κ2) is 12.9. The summed E-state index contributed by atoms with van der Waals surface area (Å²) in [4.78, 5) is 40.5. The van der Waals surface area contributed by atoms with Gasteiger partial charge in [-0.3, -0.25) is 14.9 Å². The number of anilines is 1. The summed E-state index contributed by atoms with van der Waals surface area (Å²) in [6.45, 7) is 1.97. The Morgan fingerprint density at radius 1 is 0.851 bits per heavy atom. The maximum absolute atomic E-state index is 13.8. The minimum Gasteiger partial charge on any atom is -0.489 e. The van der Waals surface area contributed by atoms with Crippen LogP contribution in [0, 0.1) is 6.92 Å². The van der Waals surface area contributed by atoms with Crippen molar-refractivity contribution in [1.82, 2.24) is 5.32 Å². The maximum atomic E-state index is 13.8. The number of hydrogen-bond donors (Lipinski definition) is 1. The molecule has 5 aromatic rings. The molecule has 47 heavy (non-hydrogen) atoms. The van der Waals surface area contributed by atoms with Gasteiger partial charge in [0.1, 0.15) is 22.8 Å². The Morgan fingerprint density at radius 2 is 1.57 bits per heavy atom. The number of aryl methyl sites for hydroxylation is 1. The van der Waals surface area contributed by atoms with Gasteiger partial charge in [0.15, 0.2) is 5.75 Å². The first kappa shape index (κ1) is 31.8. The molecule has 0 bridgehead atoms. The fraction of sp³-hybridized carbons (Fsp3) is 0.0571. The van der Waals surface area contributed by atoms with Crippen LogP contribution in [0.2, 0.25) is 10.0 Å². The summed E-state index contributed by atoms with van der Waals surface area (Å²) in [5.41, 5.74) is 1.50. The number of halogens is 2. The van der Waals surface area contributed by atoms with Gasteiger partial charge < -0.3 is 8.92 Å². The van der Waals surface area contributed by atoms with E-state index in [-0.39, 0.29) is 28.5 Å². The van der Waals surface area contributed by atoms with Crippen LogP contribution in [-0.2, 0) is 26.3 Å². The molecule has 1 fully saturated rings. The summed E-state index contributed by atoms with van der Waals surface area (Å²) >= 11 is 12.2. The standard InChI is InChI=1S/C35H24Cl2N2O7S/c1-21-6-15-27(16-7-21)47(43,44)46-32-17-9-22-4-2-3-5-28(22)29(32)19-30-33(40)38-35(42)39(34(30)41)25-11-13-26(14-12-25)45-20-23-8-10-24(36)18-31(23)37/h2-19H,20H2,1H3,(H,38,40,42)/b30-19+. The molecule has 6 rings (SSSR count). The van der Waals surface area contributed by atoms with Crippen LogP contribution in [0.1, 0.15) is 16.7 Å². The molecule has 1 heterocycles. The molecule has 0 aliphatic carbocycles. The smallest absolute Gasteiger partial charge is 0.339 e. The molecule has 236 valence electrons. The summed E-state index contributed by atoms with van der Waals surface area (Å²) < 4.78 is 37.8. The average Bonchev–Trinajstić information content (AvgIpc) is 3.04. The normalized spacial score (nSPS) is 14.4. The second-order valence-electron chi connectivity index (χ2n) is 10.5. The van der Waals surface area contributed by atoms with Crippen molar-refractivity contribution in [2.75, 3.05) is 4.90 Å². The van der Waals surface area contributed by atoms with Gasteiger partial charge >= 0.3 is 16.1 Å². The Morgan fingerprint density at radius 3 is 2.30 bits per heavy atom. The topological polar surface area (TPSA) is 119 Å². The number of hydrogen-bond acceptors (Lipinski definition) is 7. The van der Waals surface area contributed by atoms with Crippen molar-refractivity contribution >= 4 is 73.7 Å². The van der Waals surface area contributed by atoms with Crippen LogP contribution in [0.4, 0.5) is 10.5 Å². The number of nitrogens with zero attached hydrogens (tertiary/aromatic N) is 1. The van der Waals surface area contributed by atoms with Crippen molar-refractivity contribution in [1.29, 1.82) is 0 Å². The van der Waals surface area contributed by atoms with Gasteiger partial charge in [-0.2, -0.15) is 8.42 Å². The zero-order chi connectivity index (χ0) is 33.3. The van der Waals surface area contributed by atoms with E-state index in [0.717, 1.165) is 10.5 Å². The van der Waals surface area contributed by atoms with Gasteiger partial charge in [-0.15, -0.1) is 0 Å². The monoisotopic (exact) mass is 686 g/mol. The number of imide groups is 2. The zero-order valence-electron chi connectivity index (χ0n) is 24.6. The number of urea groups is 1. The summed E-state index contributed by atoms with van der Waals surface area (Å²) in [7, 11) is -4.29. The molecule has 0 saturated carbocycles. The summed E-state index contributed by atoms with van der Waals surface area (Å²) in [6, 6.07) is 26.5. The molecule has 1 aliphatic rings. The largest absolute Gasteiger partial charge is 0.489 e. The Hall–Kier alpha value is -5.16. The quantitative estimate of drug-likeness (QED) is 0.102. The highest BCUT2D eigenvalue weighted by molar-refractivity contribution is 7.87. The van der Waals surface area contributed by atoms with Gasteiger partial charge in [0, 0.05) is 21.2 Å². The molecule has 4 amide bonds. The van der Waals surface area contributed by atoms with E-state index in [9.17, 15) is 22.8 Å². The first-order chi connectivity index (χ1) is 22.5. The molecule has 0 spiro atoms. The lowest BCUT2D eigenvalue weighted by Crippen LogP contribution is -2.54. The summed E-state index contributed by atoms with van der Waals surface area (Å²) in [5.74, 6) is -1.54. The number of fused-ring (bicyclic) bond motifs is 1. The van der Waals surface area contributed by atoms with Crippen molar-refractivity contribution in [2.24, 2.45) is 0 Å². The fourth-order valence-electron chi connectivity index (χ4n) is 4.90. The van der Waals surface area contributed by atoms with Crippen molar-refractivity contribution < 1.29 is 31.7 Å². The average molecular weight is 688 g/mol. The number of ether oxygens (including phenoxy) is 1. The lowest BCUT2D eigenvalue weighted by Gasteiger charge is -2.26. The number of carbonyl (C=O) groups is 3. The van der Waals surface area contributed by atoms with Crippen LogP contribution in [0.3, 0.4) is 0 Å². The Labute approximate surface area is 280 Å². The Balaban J connectivity index is 1.32. The molecular formula is C35H24Cl2N2O7S. The predicted molar refractivity (Wildman–Crippen MR) is 179 cm³/mol. The molecule has 0 atom stereocenters. The van der Waals surface area contributed by atoms with Crippen molar-refractivity contribution in [3.8, 4) is 11.5 Å². The lowest BCUT2D eigenvalue weighted by molar-refractivity contribution is -0.122. The predicted octanol–water partition coefficient (Wildman–Crippen LogP) is 7.47. The summed E-state index contributed by atoms with van der Waals surface area (Å²) in [5, 5.41) is 4.35. The second-order valence-corrected chi connectivity index (χ2v) is 12.9. The third-order valence-corrected chi connectivity index (χ3v) is 9.17. The third kappa shape index (κ3) is 6.71. The van der Waals surface area contributed by atoms with E-state index < -0.39 is 33.5 Å². The van der Waals surface area contributed by atoms with E-state index in [1.54, 1.807) is 72.8 Å². The molecule has 0 aromatic heterocycles.